The van der Waals surface area contributed by atoms with Crippen molar-refractivity contribution < 1.29 is 14.0 Å². The number of hydrogen-bond acceptors (Lipinski definition) is 4. The predicted molar refractivity (Wildman–Crippen MR) is 92.3 cm³/mol. The van der Waals surface area contributed by atoms with Crippen LogP contribution >= 0.6 is 11.8 Å². The van der Waals surface area contributed by atoms with Crippen molar-refractivity contribution in [2.75, 3.05) is 31.1 Å². The summed E-state index contributed by atoms with van der Waals surface area (Å²) in [7, 11) is 0. The van der Waals surface area contributed by atoms with Crippen molar-refractivity contribution in [1.29, 1.82) is 0 Å². The summed E-state index contributed by atoms with van der Waals surface area (Å²) < 4.78 is 12.9. The maximum absolute atomic E-state index is 12.9. The van der Waals surface area contributed by atoms with Crippen molar-refractivity contribution in [3.63, 3.8) is 0 Å². The summed E-state index contributed by atoms with van der Waals surface area (Å²) in [5, 5.41) is 6.18. The Morgan fingerprint density at radius 3 is 2.67 bits per heavy atom. The Bertz CT molecular complexity index is 590. The minimum absolute atomic E-state index is 0.0361. The molecule has 2 N–H and O–H groups in total. The molecule has 1 aromatic carbocycles. The van der Waals surface area contributed by atoms with Gasteiger partial charge < -0.3 is 15.5 Å². The van der Waals surface area contributed by atoms with Gasteiger partial charge in [0.1, 0.15) is 5.82 Å². The summed E-state index contributed by atoms with van der Waals surface area (Å²) in [6.45, 7) is 2.22. The first-order chi connectivity index (χ1) is 11.6. The third-order valence-electron chi connectivity index (χ3n) is 4.39. The van der Waals surface area contributed by atoms with E-state index in [4.69, 9.17) is 0 Å². The zero-order chi connectivity index (χ0) is 16.9. The van der Waals surface area contributed by atoms with Crippen LogP contribution in [0.15, 0.2) is 24.3 Å². The molecule has 2 atom stereocenters. The molecule has 2 saturated heterocycles. The van der Waals surface area contributed by atoms with E-state index in [2.05, 4.69) is 10.6 Å². The Labute approximate surface area is 145 Å². The first kappa shape index (κ1) is 17.2. The van der Waals surface area contributed by atoms with Crippen molar-refractivity contribution in [3.05, 3.63) is 35.6 Å². The van der Waals surface area contributed by atoms with Gasteiger partial charge in [-0.25, -0.2) is 4.39 Å². The lowest BCUT2D eigenvalue weighted by Gasteiger charge is -2.28. The molecule has 0 saturated carbocycles. The molecule has 2 heterocycles. The zero-order valence-corrected chi connectivity index (χ0v) is 14.3. The van der Waals surface area contributed by atoms with Gasteiger partial charge in [-0.3, -0.25) is 9.59 Å². The van der Waals surface area contributed by atoms with E-state index in [1.54, 1.807) is 12.1 Å². The third-order valence-corrected chi connectivity index (χ3v) is 5.34. The zero-order valence-electron chi connectivity index (χ0n) is 13.5. The third kappa shape index (κ3) is 4.48. The average Bonchev–Trinajstić information content (AvgIpc) is 3.05. The van der Waals surface area contributed by atoms with Gasteiger partial charge >= 0.3 is 0 Å². The summed E-state index contributed by atoms with van der Waals surface area (Å²) in [5.74, 6) is 1.73. The highest BCUT2D eigenvalue weighted by Gasteiger charge is 2.33. The highest BCUT2D eigenvalue weighted by atomic mass is 32.2. The second-order valence-electron chi connectivity index (χ2n) is 6.20. The second kappa shape index (κ2) is 7.98. The minimum Gasteiger partial charge on any atom is -0.352 e. The van der Waals surface area contributed by atoms with E-state index in [1.807, 2.05) is 16.7 Å². The first-order valence-corrected chi connectivity index (χ1v) is 9.41. The van der Waals surface area contributed by atoms with Crippen molar-refractivity contribution in [1.82, 2.24) is 15.5 Å². The highest BCUT2D eigenvalue weighted by molar-refractivity contribution is 7.99. The highest BCUT2D eigenvalue weighted by Crippen LogP contribution is 2.15. The lowest BCUT2D eigenvalue weighted by atomic mass is 10.1. The largest absolute Gasteiger partial charge is 0.352 e. The number of carbonyl (C=O) groups excluding carboxylic acids is 2. The minimum atomic E-state index is -0.309. The molecule has 0 bridgehead atoms. The molecule has 2 aliphatic heterocycles. The second-order valence-corrected chi connectivity index (χ2v) is 7.43. The van der Waals surface area contributed by atoms with Crippen molar-refractivity contribution in [2.24, 2.45) is 0 Å². The predicted octanol–water partition coefficient (Wildman–Crippen LogP) is 0.790. The molecule has 1 aromatic rings. The van der Waals surface area contributed by atoms with Crippen LogP contribution in [0, 0.1) is 5.82 Å². The van der Waals surface area contributed by atoms with Crippen LogP contribution in [-0.2, 0) is 16.0 Å². The number of rotatable bonds is 4. The van der Waals surface area contributed by atoms with E-state index in [-0.39, 0.29) is 36.1 Å². The Kier molecular flexibility index (Phi) is 5.73. The van der Waals surface area contributed by atoms with Crippen LogP contribution in [0.2, 0.25) is 0 Å². The van der Waals surface area contributed by atoms with E-state index in [9.17, 15) is 14.0 Å². The lowest BCUT2D eigenvalue weighted by molar-refractivity contribution is -0.132. The number of amides is 2. The molecular formula is C17H22FN3O2S. The van der Waals surface area contributed by atoms with Crippen molar-refractivity contribution >= 4 is 23.6 Å². The van der Waals surface area contributed by atoms with Crippen molar-refractivity contribution in [3.8, 4) is 0 Å². The number of benzene rings is 1. The van der Waals surface area contributed by atoms with E-state index in [0.29, 0.717) is 13.0 Å². The maximum atomic E-state index is 12.9. The fourth-order valence-electron chi connectivity index (χ4n) is 3.10. The molecule has 2 amide bonds. The summed E-state index contributed by atoms with van der Waals surface area (Å²) in [5.41, 5.74) is 0.776. The first-order valence-electron chi connectivity index (χ1n) is 8.25. The fraction of sp³-hybridized carbons (Fsp3) is 0.529. The number of halogens is 1. The molecule has 0 spiro atoms. The standard InChI is InChI=1S/C17H22FN3O2S/c18-13-3-1-12(2-4-13)9-16(22)20-14-10-15(19-11-14)17(23)21-5-7-24-8-6-21/h1-4,14-15,19H,5-11H2,(H,20,22)/t14-,15+/m1/s1. The molecule has 0 unspecified atom stereocenters. The van der Waals surface area contributed by atoms with Crippen LogP contribution in [0.3, 0.4) is 0 Å². The molecule has 3 rings (SSSR count). The van der Waals surface area contributed by atoms with Gasteiger partial charge in [0.15, 0.2) is 0 Å². The topological polar surface area (TPSA) is 61.4 Å². The molecule has 5 nitrogen and oxygen atoms in total. The van der Waals surface area contributed by atoms with Crippen LogP contribution < -0.4 is 10.6 Å². The quantitative estimate of drug-likeness (QED) is 0.842. The van der Waals surface area contributed by atoms with Crippen LogP contribution in [0.4, 0.5) is 4.39 Å². The van der Waals surface area contributed by atoms with Crippen LogP contribution in [0.5, 0.6) is 0 Å². The van der Waals surface area contributed by atoms with Gasteiger partial charge in [0.05, 0.1) is 12.5 Å². The monoisotopic (exact) mass is 351 g/mol. The Morgan fingerprint density at radius 1 is 1.25 bits per heavy atom. The van der Waals surface area contributed by atoms with E-state index in [0.717, 1.165) is 30.2 Å². The molecule has 24 heavy (non-hydrogen) atoms. The van der Waals surface area contributed by atoms with Gasteiger partial charge in [-0.15, -0.1) is 0 Å². The molecule has 7 heteroatoms. The van der Waals surface area contributed by atoms with Gasteiger partial charge in [-0.2, -0.15) is 11.8 Å². The van der Waals surface area contributed by atoms with Gasteiger partial charge in [0.2, 0.25) is 11.8 Å². The number of carbonyl (C=O) groups is 2. The van der Waals surface area contributed by atoms with Gasteiger partial charge in [0.25, 0.3) is 0 Å². The van der Waals surface area contributed by atoms with Crippen LogP contribution in [0.1, 0.15) is 12.0 Å². The van der Waals surface area contributed by atoms with Crippen molar-refractivity contribution in [2.45, 2.75) is 24.9 Å². The molecule has 130 valence electrons. The maximum Gasteiger partial charge on any atom is 0.239 e. The van der Waals surface area contributed by atoms with Crippen LogP contribution in [0.25, 0.3) is 0 Å². The number of nitrogens with zero attached hydrogens (tertiary/aromatic N) is 1. The molecule has 2 aliphatic rings. The lowest BCUT2D eigenvalue weighted by Crippen LogP contribution is -2.47. The van der Waals surface area contributed by atoms with Gasteiger partial charge in [0, 0.05) is 37.2 Å². The van der Waals surface area contributed by atoms with E-state index >= 15 is 0 Å². The Hall–Kier alpha value is -1.60. The summed E-state index contributed by atoms with van der Waals surface area (Å²) in [6.07, 6.45) is 0.844. The van der Waals surface area contributed by atoms with Gasteiger partial charge in [-0.05, 0) is 24.1 Å². The Balaban J connectivity index is 1.46. The smallest absolute Gasteiger partial charge is 0.239 e. The number of nitrogens with one attached hydrogen (secondary N) is 2. The summed E-state index contributed by atoms with van der Waals surface area (Å²) >= 11 is 1.87. The Morgan fingerprint density at radius 2 is 1.96 bits per heavy atom. The fourth-order valence-corrected chi connectivity index (χ4v) is 4.01. The number of hydrogen-bond donors (Lipinski definition) is 2. The SMILES string of the molecule is O=C(Cc1ccc(F)cc1)N[C@H]1CN[C@H](C(=O)N2CCSCC2)C1. The molecular weight excluding hydrogens is 329 g/mol. The molecule has 0 aromatic heterocycles. The summed E-state index contributed by atoms with van der Waals surface area (Å²) in [4.78, 5) is 26.5. The summed E-state index contributed by atoms with van der Waals surface area (Å²) in [6, 6.07) is 5.69. The van der Waals surface area contributed by atoms with E-state index < -0.39 is 0 Å². The normalized spacial score (nSPS) is 24.0. The van der Waals surface area contributed by atoms with Gasteiger partial charge in [-0.1, -0.05) is 12.1 Å². The molecule has 0 aliphatic carbocycles. The van der Waals surface area contributed by atoms with E-state index in [1.165, 1.54) is 12.1 Å². The average molecular weight is 351 g/mol. The molecule has 2 fully saturated rings. The number of thioether (sulfide) groups is 1. The molecule has 0 radical (unpaired) electrons. The van der Waals surface area contributed by atoms with Crippen LogP contribution in [-0.4, -0.2) is 59.9 Å².